The topological polar surface area (TPSA) is 67.6 Å². The first-order valence-electron chi connectivity index (χ1n) is 6.96. The van der Waals surface area contributed by atoms with Crippen LogP contribution in [0, 0.1) is 10.1 Å². The minimum atomic E-state index is -0.414. The summed E-state index contributed by atoms with van der Waals surface area (Å²) < 4.78 is 5.36. The minimum absolute atomic E-state index is 0.0122. The zero-order valence-corrected chi connectivity index (χ0v) is 12.0. The molecule has 0 spiro atoms. The number of hydrogen-bond acceptors (Lipinski definition) is 5. The van der Waals surface area contributed by atoms with Gasteiger partial charge in [0.2, 0.25) is 0 Å². The van der Waals surface area contributed by atoms with Crippen molar-refractivity contribution in [3.63, 3.8) is 0 Å². The molecule has 6 heteroatoms. The van der Waals surface area contributed by atoms with Gasteiger partial charge in [0.05, 0.1) is 11.5 Å². The third kappa shape index (κ3) is 3.60. The second-order valence-corrected chi connectivity index (χ2v) is 5.12. The molecular formula is C14H21N3O3. The largest absolute Gasteiger partial charge is 0.487 e. The van der Waals surface area contributed by atoms with Gasteiger partial charge < -0.3 is 15.0 Å². The van der Waals surface area contributed by atoms with Crippen LogP contribution in [0.2, 0.25) is 0 Å². The number of likely N-dealkylation sites (N-methyl/N-ethyl adjacent to an activating group) is 1. The number of likely N-dealkylation sites (tertiary alicyclic amines) is 1. The first kappa shape index (κ1) is 14.6. The lowest BCUT2D eigenvalue weighted by Gasteiger charge is -2.30. The summed E-state index contributed by atoms with van der Waals surface area (Å²) in [6.45, 7) is 4.35. The molecule has 1 atom stereocenters. The molecule has 1 heterocycles. The van der Waals surface area contributed by atoms with Gasteiger partial charge in [-0.2, -0.15) is 0 Å². The predicted octanol–water partition coefficient (Wildman–Crippen LogP) is 2.50. The Labute approximate surface area is 118 Å². The molecule has 6 nitrogen and oxygen atoms in total. The van der Waals surface area contributed by atoms with E-state index in [1.165, 1.54) is 12.5 Å². The number of nitrogens with one attached hydrogen (secondary N) is 1. The Morgan fingerprint density at radius 2 is 2.35 bits per heavy atom. The first-order valence-corrected chi connectivity index (χ1v) is 6.96. The third-order valence-electron chi connectivity index (χ3n) is 3.45. The van der Waals surface area contributed by atoms with Gasteiger partial charge >= 0.3 is 5.69 Å². The zero-order valence-electron chi connectivity index (χ0n) is 12.0. The molecular weight excluding hydrogens is 258 g/mol. The number of rotatable bonds is 5. The summed E-state index contributed by atoms with van der Waals surface area (Å²) in [5, 5.41) is 14.4. The van der Waals surface area contributed by atoms with E-state index in [0.717, 1.165) is 25.2 Å². The van der Waals surface area contributed by atoms with Crippen LogP contribution in [0.15, 0.2) is 18.2 Å². The highest BCUT2D eigenvalue weighted by molar-refractivity contribution is 5.58. The molecule has 1 aliphatic heterocycles. The molecule has 0 amide bonds. The Kier molecular flexibility index (Phi) is 4.79. The highest BCUT2D eigenvalue weighted by Crippen LogP contribution is 2.30. The molecule has 110 valence electrons. The standard InChI is InChI=1S/C14H21N3O3/c1-3-20-14-9-11(6-7-13(14)17(18)19)15-12-5-4-8-16(2)10-12/h6-7,9,12,15H,3-5,8,10H2,1-2H3. The van der Waals surface area contributed by atoms with Gasteiger partial charge in [-0.15, -0.1) is 0 Å². The average Bonchev–Trinajstić information content (AvgIpc) is 2.39. The lowest BCUT2D eigenvalue weighted by atomic mass is 10.1. The van der Waals surface area contributed by atoms with Crippen molar-refractivity contribution in [2.24, 2.45) is 0 Å². The molecule has 0 aromatic heterocycles. The van der Waals surface area contributed by atoms with Crippen molar-refractivity contribution < 1.29 is 9.66 Å². The summed E-state index contributed by atoms with van der Waals surface area (Å²) in [5.41, 5.74) is 0.887. The van der Waals surface area contributed by atoms with Crippen LogP contribution in [0.25, 0.3) is 0 Å². The van der Waals surface area contributed by atoms with Gasteiger partial charge in [0, 0.05) is 30.4 Å². The number of nitro benzene ring substituents is 1. The molecule has 1 fully saturated rings. The molecule has 0 bridgehead atoms. The minimum Gasteiger partial charge on any atom is -0.487 e. The van der Waals surface area contributed by atoms with Crippen LogP contribution in [0.5, 0.6) is 5.75 Å². The van der Waals surface area contributed by atoms with Gasteiger partial charge in [0.25, 0.3) is 0 Å². The normalized spacial score (nSPS) is 19.6. The zero-order chi connectivity index (χ0) is 14.5. The van der Waals surface area contributed by atoms with Gasteiger partial charge in [-0.25, -0.2) is 0 Å². The maximum absolute atomic E-state index is 10.9. The summed E-state index contributed by atoms with van der Waals surface area (Å²) in [6.07, 6.45) is 2.28. The monoisotopic (exact) mass is 279 g/mol. The van der Waals surface area contributed by atoms with Crippen molar-refractivity contribution in [3.05, 3.63) is 28.3 Å². The van der Waals surface area contributed by atoms with Crippen LogP contribution in [-0.2, 0) is 0 Å². The van der Waals surface area contributed by atoms with Crippen molar-refractivity contribution in [1.29, 1.82) is 0 Å². The summed E-state index contributed by atoms with van der Waals surface area (Å²) in [5.74, 6) is 0.326. The fraction of sp³-hybridized carbons (Fsp3) is 0.571. The highest BCUT2D eigenvalue weighted by atomic mass is 16.6. The first-order chi connectivity index (χ1) is 9.60. The number of nitrogens with zero attached hydrogens (tertiary/aromatic N) is 2. The van der Waals surface area contributed by atoms with Gasteiger partial charge in [0.1, 0.15) is 0 Å². The molecule has 0 saturated carbocycles. The lowest BCUT2D eigenvalue weighted by molar-refractivity contribution is -0.385. The Balaban J connectivity index is 2.11. The summed E-state index contributed by atoms with van der Waals surface area (Å²) in [7, 11) is 2.11. The molecule has 1 saturated heterocycles. The van der Waals surface area contributed by atoms with Crippen LogP contribution < -0.4 is 10.1 Å². The maximum atomic E-state index is 10.9. The quantitative estimate of drug-likeness (QED) is 0.662. The van der Waals surface area contributed by atoms with E-state index < -0.39 is 4.92 Å². The van der Waals surface area contributed by atoms with Crippen molar-refractivity contribution in [3.8, 4) is 5.75 Å². The fourth-order valence-electron chi connectivity index (χ4n) is 2.55. The second-order valence-electron chi connectivity index (χ2n) is 5.12. The van der Waals surface area contributed by atoms with E-state index in [9.17, 15) is 10.1 Å². The van der Waals surface area contributed by atoms with Crippen LogP contribution in [0.4, 0.5) is 11.4 Å². The summed E-state index contributed by atoms with van der Waals surface area (Å²) >= 11 is 0. The molecule has 0 aliphatic carbocycles. The number of hydrogen-bond donors (Lipinski definition) is 1. The van der Waals surface area contributed by atoms with Crippen molar-refractivity contribution in [2.45, 2.75) is 25.8 Å². The van der Waals surface area contributed by atoms with Gasteiger partial charge in [0.15, 0.2) is 5.75 Å². The van der Waals surface area contributed by atoms with Crippen LogP contribution in [0.3, 0.4) is 0 Å². The smallest absolute Gasteiger partial charge is 0.311 e. The van der Waals surface area contributed by atoms with E-state index in [-0.39, 0.29) is 5.69 Å². The molecule has 1 aromatic carbocycles. The average molecular weight is 279 g/mol. The molecule has 1 N–H and O–H groups in total. The highest BCUT2D eigenvalue weighted by Gasteiger charge is 2.19. The van der Waals surface area contributed by atoms with E-state index in [4.69, 9.17) is 4.74 Å². The van der Waals surface area contributed by atoms with Gasteiger partial charge in [-0.05, 0) is 39.4 Å². The fourth-order valence-corrected chi connectivity index (χ4v) is 2.55. The lowest BCUT2D eigenvalue weighted by Crippen LogP contribution is -2.39. The van der Waals surface area contributed by atoms with E-state index in [2.05, 4.69) is 17.3 Å². The summed E-state index contributed by atoms with van der Waals surface area (Å²) in [4.78, 5) is 12.8. The van der Waals surface area contributed by atoms with E-state index >= 15 is 0 Å². The Hall–Kier alpha value is -1.82. The van der Waals surface area contributed by atoms with Crippen molar-refractivity contribution >= 4 is 11.4 Å². The molecule has 1 unspecified atom stereocenters. The van der Waals surface area contributed by atoms with Gasteiger partial charge in [-0.3, -0.25) is 10.1 Å². The Bertz CT molecular complexity index is 479. The van der Waals surface area contributed by atoms with Crippen LogP contribution in [-0.4, -0.2) is 42.6 Å². The molecule has 1 aliphatic rings. The molecule has 2 rings (SSSR count). The number of anilines is 1. The van der Waals surface area contributed by atoms with Crippen molar-refractivity contribution in [2.75, 3.05) is 32.1 Å². The summed E-state index contributed by atoms with van der Waals surface area (Å²) in [6, 6.07) is 5.34. The number of nitro groups is 1. The number of ether oxygens (including phenoxy) is 1. The Morgan fingerprint density at radius 3 is 3.00 bits per heavy atom. The van der Waals surface area contributed by atoms with E-state index in [1.54, 1.807) is 12.1 Å². The number of piperidine rings is 1. The van der Waals surface area contributed by atoms with Gasteiger partial charge in [-0.1, -0.05) is 0 Å². The van der Waals surface area contributed by atoms with Crippen LogP contribution in [0.1, 0.15) is 19.8 Å². The van der Waals surface area contributed by atoms with E-state index in [1.807, 2.05) is 6.92 Å². The SMILES string of the molecule is CCOc1cc(NC2CCCN(C)C2)ccc1[N+](=O)[O-]. The second kappa shape index (κ2) is 6.56. The third-order valence-corrected chi connectivity index (χ3v) is 3.45. The van der Waals surface area contributed by atoms with Crippen LogP contribution >= 0.6 is 0 Å². The number of benzene rings is 1. The molecule has 20 heavy (non-hydrogen) atoms. The van der Waals surface area contributed by atoms with E-state index in [0.29, 0.717) is 18.4 Å². The predicted molar refractivity (Wildman–Crippen MR) is 78.4 cm³/mol. The maximum Gasteiger partial charge on any atom is 0.311 e. The Morgan fingerprint density at radius 1 is 1.55 bits per heavy atom. The molecule has 0 radical (unpaired) electrons. The molecule has 1 aromatic rings. The van der Waals surface area contributed by atoms with Crippen molar-refractivity contribution in [1.82, 2.24) is 4.90 Å².